The van der Waals surface area contributed by atoms with Crippen LogP contribution in [-0.2, 0) is 25.8 Å². The number of amides is 2. The third-order valence-corrected chi connectivity index (χ3v) is 7.83. The summed E-state index contributed by atoms with van der Waals surface area (Å²) in [5, 5.41) is 11.0. The molecule has 9 nitrogen and oxygen atoms in total. The average Bonchev–Trinajstić information content (AvgIpc) is 3.23. The monoisotopic (exact) mass is 450 g/mol. The maximum Gasteiger partial charge on any atom is 0.277 e. The average molecular weight is 451 g/mol. The second-order valence-electron chi connectivity index (χ2n) is 7.61. The van der Waals surface area contributed by atoms with E-state index in [1.54, 1.807) is 17.0 Å². The molecule has 1 fully saturated rings. The van der Waals surface area contributed by atoms with Gasteiger partial charge in [-0.15, -0.1) is 10.2 Å². The van der Waals surface area contributed by atoms with E-state index in [1.165, 1.54) is 0 Å². The van der Waals surface area contributed by atoms with Crippen LogP contribution in [0.3, 0.4) is 0 Å². The van der Waals surface area contributed by atoms with E-state index in [0.717, 1.165) is 11.8 Å². The van der Waals surface area contributed by atoms with Crippen LogP contribution in [-0.4, -0.2) is 53.7 Å². The number of nitrogens with one attached hydrogen (secondary N) is 1. The van der Waals surface area contributed by atoms with Crippen molar-refractivity contribution >= 4 is 44.8 Å². The van der Waals surface area contributed by atoms with Crippen LogP contribution in [0.5, 0.6) is 0 Å². The zero-order valence-electron chi connectivity index (χ0n) is 16.4. The third kappa shape index (κ3) is 4.67. The molecule has 0 radical (unpaired) electrons. The van der Waals surface area contributed by atoms with E-state index in [2.05, 4.69) is 15.5 Å². The first-order chi connectivity index (χ1) is 14.3. The Bertz CT molecular complexity index is 1070. The Labute approximate surface area is 178 Å². The Morgan fingerprint density at radius 2 is 2.13 bits per heavy atom. The van der Waals surface area contributed by atoms with Gasteiger partial charge in [0, 0.05) is 18.9 Å². The molecule has 1 aromatic carbocycles. The Hall–Kier alpha value is -2.40. The number of hydrogen-bond donors (Lipinski definition) is 1. The minimum Gasteiger partial charge on any atom is -0.416 e. The molecule has 0 bridgehead atoms. The fourth-order valence-electron chi connectivity index (χ4n) is 3.82. The van der Waals surface area contributed by atoms with Crippen LogP contribution in [0.1, 0.15) is 25.7 Å². The molecule has 11 heteroatoms. The molecule has 2 aliphatic rings. The summed E-state index contributed by atoms with van der Waals surface area (Å²) in [7, 11) is -2.95. The standard InChI is InChI=1S/C19H22N4O5S2/c1-12-8-16(24)20-14-4-2-3-5-15(14)23(12)18(25)10-29-19-22-21-17(28-19)9-13-6-7-30(26,27)11-13/h2-5,12-13H,6-11H2,1H3,(H,20,24)/t12-,13+/m1/s1. The molecular formula is C19H22N4O5S2. The first-order valence-corrected chi connectivity index (χ1v) is 12.5. The number of rotatable bonds is 5. The molecule has 2 amide bonds. The highest BCUT2D eigenvalue weighted by atomic mass is 32.2. The summed E-state index contributed by atoms with van der Waals surface area (Å²) < 4.78 is 28.8. The van der Waals surface area contributed by atoms with Crippen LogP contribution in [0.25, 0.3) is 0 Å². The maximum absolute atomic E-state index is 13.0. The Morgan fingerprint density at radius 1 is 1.33 bits per heavy atom. The first-order valence-electron chi connectivity index (χ1n) is 9.67. The zero-order valence-corrected chi connectivity index (χ0v) is 18.0. The van der Waals surface area contributed by atoms with Gasteiger partial charge in [0.1, 0.15) is 0 Å². The van der Waals surface area contributed by atoms with Crippen molar-refractivity contribution in [2.24, 2.45) is 5.92 Å². The highest BCUT2D eigenvalue weighted by Gasteiger charge is 2.31. The number of benzene rings is 1. The van der Waals surface area contributed by atoms with Gasteiger partial charge in [0.2, 0.25) is 17.7 Å². The van der Waals surface area contributed by atoms with Crippen LogP contribution < -0.4 is 10.2 Å². The van der Waals surface area contributed by atoms with Gasteiger partial charge in [-0.1, -0.05) is 23.9 Å². The zero-order chi connectivity index (χ0) is 21.3. The lowest BCUT2D eigenvalue weighted by Crippen LogP contribution is -2.40. The molecule has 0 unspecified atom stereocenters. The molecule has 1 saturated heterocycles. The van der Waals surface area contributed by atoms with E-state index < -0.39 is 9.84 Å². The second kappa shape index (κ2) is 8.38. The molecule has 0 aliphatic carbocycles. The van der Waals surface area contributed by atoms with Crippen molar-refractivity contribution in [3.05, 3.63) is 30.2 Å². The van der Waals surface area contributed by atoms with Crippen LogP contribution in [0, 0.1) is 5.92 Å². The van der Waals surface area contributed by atoms with Crippen LogP contribution >= 0.6 is 11.8 Å². The number of carbonyl (C=O) groups excluding carboxylic acids is 2. The number of para-hydroxylation sites is 2. The molecule has 1 N–H and O–H groups in total. The molecule has 2 atom stereocenters. The van der Waals surface area contributed by atoms with Gasteiger partial charge in [0.05, 0.1) is 28.6 Å². The fraction of sp³-hybridized carbons (Fsp3) is 0.474. The molecule has 1 aromatic heterocycles. The molecule has 0 saturated carbocycles. The predicted octanol–water partition coefficient (Wildman–Crippen LogP) is 1.90. The first kappa shape index (κ1) is 20.9. The number of carbonyl (C=O) groups is 2. The van der Waals surface area contributed by atoms with Gasteiger partial charge in [0.15, 0.2) is 9.84 Å². The molecule has 160 valence electrons. The number of nitrogens with zero attached hydrogens (tertiary/aromatic N) is 3. The van der Waals surface area contributed by atoms with Crippen molar-refractivity contribution in [2.75, 3.05) is 27.5 Å². The van der Waals surface area contributed by atoms with E-state index in [4.69, 9.17) is 4.42 Å². The minimum absolute atomic E-state index is 0.00517. The normalized spacial score (nSPS) is 23.0. The lowest BCUT2D eigenvalue weighted by Gasteiger charge is -2.27. The van der Waals surface area contributed by atoms with Crippen molar-refractivity contribution in [2.45, 2.75) is 37.5 Å². The van der Waals surface area contributed by atoms with E-state index in [0.29, 0.717) is 30.1 Å². The van der Waals surface area contributed by atoms with E-state index in [-0.39, 0.29) is 52.7 Å². The Kier molecular flexibility index (Phi) is 5.83. The van der Waals surface area contributed by atoms with Crippen LogP contribution in [0.4, 0.5) is 11.4 Å². The van der Waals surface area contributed by atoms with Gasteiger partial charge in [-0.2, -0.15) is 0 Å². The fourth-order valence-corrected chi connectivity index (χ4v) is 6.32. The summed E-state index contributed by atoms with van der Waals surface area (Å²) >= 11 is 1.13. The SMILES string of the molecule is C[C@@H]1CC(=O)Nc2ccccc2N1C(=O)CSc1nnc(C[C@@H]2CCS(=O)(=O)C2)o1. The van der Waals surface area contributed by atoms with Gasteiger partial charge >= 0.3 is 0 Å². The third-order valence-electron chi connectivity index (χ3n) is 5.19. The van der Waals surface area contributed by atoms with Crippen molar-refractivity contribution in [1.82, 2.24) is 10.2 Å². The minimum atomic E-state index is -2.95. The van der Waals surface area contributed by atoms with Gasteiger partial charge in [0.25, 0.3) is 5.22 Å². The summed E-state index contributed by atoms with van der Waals surface area (Å²) in [6.45, 7) is 1.84. The Morgan fingerprint density at radius 3 is 2.90 bits per heavy atom. The maximum atomic E-state index is 13.0. The summed E-state index contributed by atoms with van der Waals surface area (Å²) in [5.74, 6) is 0.507. The second-order valence-corrected chi connectivity index (χ2v) is 10.8. The number of thioether (sulfide) groups is 1. The van der Waals surface area contributed by atoms with Crippen LogP contribution in [0.15, 0.2) is 33.9 Å². The summed E-state index contributed by atoms with van der Waals surface area (Å²) in [5.41, 5.74) is 1.27. The van der Waals surface area contributed by atoms with Crippen molar-refractivity contribution in [1.29, 1.82) is 0 Å². The predicted molar refractivity (Wildman–Crippen MR) is 112 cm³/mol. The highest BCUT2D eigenvalue weighted by Crippen LogP contribution is 2.32. The van der Waals surface area contributed by atoms with E-state index >= 15 is 0 Å². The number of sulfone groups is 1. The summed E-state index contributed by atoms with van der Waals surface area (Å²) in [6.07, 6.45) is 1.23. The molecule has 3 heterocycles. The molecular weight excluding hydrogens is 428 g/mol. The molecule has 2 aromatic rings. The number of anilines is 2. The van der Waals surface area contributed by atoms with Crippen molar-refractivity contribution in [3.8, 4) is 0 Å². The molecule has 0 spiro atoms. The number of hydrogen-bond acceptors (Lipinski definition) is 8. The summed E-state index contributed by atoms with van der Waals surface area (Å²) in [6, 6.07) is 6.92. The van der Waals surface area contributed by atoms with E-state index in [9.17, 15) is 18.0 Å². The van der Waals surface area contributed by atoms with Crippen molar-refractivity contribution < 1.29 is 22.4 Å². The molecule has 4 rings (SSSR count). The number of aromatic nitrogens is 2. The molecule has 2 aliphatic heterocycles. The topological polar surface area (TPSA) is 122 Å². The Balaban J connectivity index is 1.40. The largest absolute Gasteiger partial charge is 0.416 e. The number of fused-ring (bicyclic) bond motifs is 1. The summed E-state index contributed by atoms with van der Waals surface area (Å²) in [4.78, 5) is 26.7. The van der Waals surface area contributed by atoms with Crippen molar-refractivity contribution in [3.63, 3.8) is 0 Å². The lowest BCUT2D eigenvalue weighted by molar-refractivity contribution is -0.117. The molecule has 30 heavy (non-hydrogen) atoms. The van der Waals surface area contributed by atoms with Gasteiger partial charge in [-0.3, -0.25) is 9.59 Å². The van der Waals surface area contributed by atoms with Gasteiger partial charge < -0.3 is 14.6 Å². The quantitative estimate of drug-likeness (QED) is 0.686. The van der Waals surface area contributed by atoms with Gasteiger partial charge in [-0.05, 0) is 31.4 Å². The van der Waals surface area contributed by atoms with Gasteiger partial charge in [-0.25, -0.2) is 8.42 Å². The highest BCUT2D eigenvalue weighted by molar-refractivity contribution is 7.99. The lowest BCUT2D eigenvalue weighted by atomic mass is 10.1. The van der Waals surface area contributed by atoms with Crippen LogP contribution in [0.2, 0.25) is 0 Å². The smallest absolute Gasteiger partial charge is 0.277 e. The van der Waals surface area contributed by atoms with E-state index in [1.807, 2.05) is 19.1 Å².